The molecular weight excluding hydrogens is 230 g/mol. The Hall–Kier alpha value is -2.11. The number of unbranched alkanes of at least 4 members (excludes halogenated alkanes) is 1. The second-order valence-electron chi connectivity index (χ2n) is 3.76. The Bertz CT molecular complexity index is 522. The van der Waals surface area contributed by atoms with Gasteiger partial charge in [-0.25, -0.2) is 4.98 Å². The van der Waals surface area contributed by atoms with Crippen molar-refractivity contribution in [2.24, 2.45) is 0 Å². The fraction of sp³-hybridized carbons (Fsp3) is 0.417. The van der Waals surface area contributed by atoms with E-state index >= 15 is 0 Å². The molecule has 0 aliphatic carbocycles. The molecule has 0 unspecified atom stereocenters. The van der Waals surface area contributed by atoms with Crippen LogP contribution in [0.1, 0.15) is 19.8 Å². The van der Waals surface area contributed by atoms with Crippen LogP contribution in [0.15, 0.2) is 19.0 Å². The molecule has 6 nitrogen and oxygen atoms in total. The van der Waals surface area contributed by atoms with Gasteiger partial charge in [0.25, 0.3) is 0 Å². The Balaban J connectivity index is 2.17. The summed E-state index contributed by atoms with van der Waals surface area (Å²) in [6, 6.07) is 0. The maximum absolute atomic E-state index is 5.66. The Labute approximate surface area is 106 Å². The molecule has 0 radical (unpaired) electrons. The first-order chi connectivity index (χ1) is 8.85. The standard InChI is InChI=1S/C12H17N5O/c1-3-5-6-7-18-11-9-10(15-8-14-9)16-12(17-11)13-4-2/h3,8H,1,4-7H2,2H3,(H2,13,14,15,16,17). The number of imidazole rings is 1. The fourth-order valence-electron chi connectivity index (χ4n) is 1.54. The summed E-state index contributed by atoms with van der Waals surface area (Å²) in [5, 5.41) is 3.06. The van der Waals surface area contributed by atoms with Crippen LogP contribution in [-0.2, 0) is 0 Å². The molecule has 0 amide bonds. The van der Waals surface area contributed by atoms with E-state index in [0.29, 0.717) is 24.1 Å². The molecule has 2 rings (SSSR count). The molecule has 0 saturated heterocycles. The highest BCUT2D eigenvalue weighted by atomic mass is 16.5. The summed E-state index contributed by atoms with van der Waals surface area (Å²) in [4.78, 5) is 15.7. The van der Waals surface area contributed by atoms with Crippen LogP contribution < -0.4 is 10.1 Å². The first-order valence-electron chi connectivity index (χ1n) is 6.03. The van der Waals surface area contributed by atoms with E-state index in [1.165, 1.54) is 0 Å². The molecule has 0 aliphatic rings. The number of hydrogen-bond acceptors (Lipinski definition) is 5. The number of allylic oxidation sites excluding steroid dienone is 1. The van der Waals surface area contributed by atoms with Crippen LogP contribution in [0, 0.1) is 0 Å². The second-order valence-corrected chi connectivity index (χ2v) is 3.76. The highest BCUT2D eigenvalue weighted by Gasteiger charge is 2.10. The monoisotopic (exact) mass is 247 g/mol. The average Bonchev–Trinajstić information content (AvgIpc) is 2.83. The van der Waals surface area contributed by atoms with E-state index < -0.39 is 0 Å². The highest BCUT2D eigenvalue weighted by molar-refractivity contribution is 5.76. The molecule has 6 heteroatoms. The predicted octanol–water partition coefficient (Wildman–Crippen LogP) is 2.13. The van der Waals surface area contributed by atoms with Crippen molar-refractivity contribution in [2.75, 3.05) is 18.5 Å². The van der Waals surface area contributed by atoms with E-state index in [0.717, 1.165) is 24.9 Å². The smallest absolute Gasteiger partial charge is 0.245 e. The summed E-state index contributed by atoms with van der Waals surface area (Å²) in [5.74, 6) is 1.08. The van der Waals surface area contributed by atoms with Gasteiger partial charge in [0.2, 0.25) is 11.8 Å². The molecule has 0 atom stereocenters. The zero-order valence-electron chi connectivity index (χ0n) is 10.4. The van der Waals surface area contributed by atoms with E-state index in [1.54, 1.807) is 6.33 Å². The Morgan fingerprint density at radius 3 is 3.17 bits per heavy atom. The third-order valence-electron chi connectivity index (χ3n) is 2.38. The van der Waals surface area contributed by atoms with E-state index in [1.807, 2.05) is 13.0 Å². The van der Waals surface area contributed by atoms with Crippen molar-refractivity contribution in [3.05, 3.63) is 19.0 Å². The van der Waals surface area contributed by atoms with Gasteiger partial charge in [0.05, 0.1) is 12.9 Å². The van der Waals surface area contributed by atoms with Crippen LogP contribution in [0.5, 0.6) is 5.88 Å². The average molecular weight is 247 g/mol. The summed E-state index contributed by atoms with van der Waals surface area (Å²) < 4.78 is 5.66. The molecule has 96 valence electrons. The van der Waals surface area contributed by atoms with Gasteiger partial charge >= 0.3 is 0 Å². The molecule has 2 heterocycles. The summed E-state index contributed by atoms with van der Waals surface area (Å²) in [7, 11) is 0. The van der Waals surface area contributed by atoms with Crippen molar-refractivity contribution in [3.63, 3.8) is 0 Å². The van der Waals surface area contributed by atoms with E-state index in [-0.39, 0.29) is 0 Å². The molecule has 0 aliphatic heterocycles. The lowest BCUT2D eigenvalue weighted by atomic mass is 10.3. The fourth-order valence-corrected chi connectivity index (χ4v) is 1.54. The van der Waals surface area contributed by atoms with Crippen molar-refractivity contribution < 1.29 is 4.74 Å². The van der Waals surface area contributed by atoms with Gasteiger partial charge in [-0.05, 0) is 19.8 Å². The quantitative estimate of drug-likeness (QED) is 0.579. The maximum atomic E-state index is 5.66. The SMILES string of the molecule is C=CCCCOc1nc(NCC)nc2nc[nH]c12. The number of aromatic nitrogens is 4. The summed E-state index contributed by atoms with van der Waals surface area (Å²) in [6.07, 6.45) is 5.31. The van der Waals surface area contributed by atoms with Gasteiger partial charge in [0, 0.05) is 6.54 Å². The number of rotatable bonds is 7. The number of anilines is 1. The van der Waals surface area contributed by atoms with Crippen molar-refractivity contribution in [3.8, 4) is 5.88 Å². The molecule has 18 heavy (non-hydrogen) atoms. The molecule has 0 spiro atoms. The lowest BCUT2D eigenvalue weighted by Gasteiger charge is -2.07. The normalized spacial score (nSPS) is 10.5. The van der Waals surface area contributed by atoms with E-state index in [4.69, 9.17) is 4.74 Å². The number of nitrogens with one attached hydrogen (secondary N) is 2. The van der Waals surface area contributed by atoms with Crippen LogP contribution in [-0.4, -0.2) is 33.1 Å². The molecule has 0 saturated carbocycles. The van der Waals surface area contributed by atoms with Crippen LogP contribution in [0.25, 0.3) is 11.2 Å². The Kier molecular flexibility index (Phi) is 4.11. The predicted molar refractivity (Wildman–Crippen MR) is 70.8 cm³/mol. The zero-order chi connectivity index (χ0) is 12.8. The van der Waals surface area contributed by atoms with E-state index in [2.05, 4.69) is 31.8 Å². The van der Waals surface area contributed by atoms with Gasteiger partial charge in [-0.3, -0.25) is 0 Å². The third kappa shape index (κ3) is 2.77. The maximum Gasteiger partial charge on any atom is 0.245 e. The van der Waals surface area contributed by atoms with Gasteiger partial charge in [-0.15, -0.1) is 6.58 Å². The molecular formula is C12H17N5O. The van der Waals surface area contributed by atoms with Gasteiger partial charge in [0.15, 0.2) is 5.65 Å². The topological polar surface area (TPSA) is 75.7 Å². The molecule has 2 aromatic heterocycles. The first-order valence-corrected chi connectivity index (χ1v) is 6.03. The minimum absolute atomic E-state index is 0.538. The van der Waals surface area contributed by atoms with E-state index in [9.17, 15) is 0 Å². The lowest BCUT2D eigenvalue weighted by molar-refractivity contribution is 0.304. The number of aromatic amines is 1. The van der Waals surface area contributed by atoms with Crippen molar-refractivity contribution >= 4 is 17.1 Å². The Morgan fingerprint density at radius 1 is 1.50 bits per heavy atom. The zero-order valence-corrected chi connectivity index (χ0v) is 10.4. The number of ether oxygens (including phenoxy) is 1. The van der Waals surface area contributed by atoms with Gasteiger partial charge < -0.3 is 15.0 Å². The van der Waals surface area contributed by atoms with Gasteiger partial charge in [-0.1, -0.05) is 6.08 Å². The summed E-state index contributed by atoms with van der Waals surface area (Å²) in [6.45, 7) is 7.02. The third-order valence-corrected chi connectivity index (χ3v) is 2.38. The molecule has 0 fully saturated rings. The minimum Gasteiger partial charge on any atom is -0.476 e. The van der Waals surface area contributed by atoms with Crippen molar-refractivity contribution in [2.45, 2.75) is 19.8 Å². The number of H-pyrrole nitrogens is 1. The summed E-state index contributed by atoms with van der Waals surface area (Å²) in [5.41, 5.74) is 1.34. The first kappa shape index (κ1) is 12.3. The lowest BCUT2D eigenvalue weighted by Crippen LogP contribution is -2.06. The summed E-state index contributed by atoms with van der Waals surface area (Å²) >= 11 is 0. The minimum atomic E-state index is 0.538. The van der Waals surface area contributed by atoms with Crippen LogP contribution in [0.3, 0.4) is 0 Å². The van der Waals surface area contributed by atoms with Crippen LogP contribution in [0.2, 0.25) is 0 Å². The van der Waals surface area contributed by atoms with Crippen LogP contribution >= 0.6 is 0 Å². The number of fused-ring (bicyclic) bond motifs is 1. The van der Waals surface area contributed by atoms with Gasteiger partial charge in [-0.2, -0.15) is 9.97 Å². The largest absolute Gasteiger partial charge is 0.476 e. The number of hydrogen-bond donors (Lipinski definition) is 2. The second kappa shape index (κ2) is 6.00. The van der Waals surface area contributed by atoms with Crippen molar-refractivity contribution in [1.82, 2.24) is 19.9 Å². The molecule has 0 aromatic carbocycles. The van der Waals surface area contributed by atoms with Crippen molar-refractivity contribution in [1.29, 1.82) is 0 Å². The van der Waals surface area contributed by atoms with Gasteiger partial charge in [0.1, 0.15) is 5.52 Å². The molecule has 0 bridgehead atoms. The van der Waals surface area contributed by atoms with Crippen LogP contribution in [0.4, 0.5) is 5.95 Å². The molecule has 2 N–H and O–H groups in total. The highest BCUT2D eigenvalue weighted by Crippen LogP contribution is 2.20. The molecule has 2 aromatic rings. The Morgan fingerprint density at radius 2 is 2.39 bits per heavy atom. The number of nitrogens with zero attached hydrogens (tertiary/aromatic N) is 3.